The lowest BCUT2D eigenvalue weighted by Crippen LogP contribution is -2.40. The van der Waals surface area contributed by atoms with Crippen LogP contribution < -0.4 is 5.56 Å². The first-order valence-electron chi connectivity index (χ1n) is 11.1. The molecule has 180 valence electrons. The van der Waals surface area contributed by atoms with Crippen molar-refractivity contribution < 1.29 is 19.8 Å². The van der Waals surface area contributed by atoms with Crippen LogP contribution in [-0.2, 0) is 22.6 Å². The van der Waals surface area contributed by atoms with Crippen LogP contribution in [0.5, 0.6) is 0 Å². The van der Waals surface area contributed by atoms with Gasteiger partial charge in [0.1, 0.15) is 0 Å². The molecule has 1 fully saturated rings. The van der Waals surface area contributed by atoms with Crippen molar-refractivity contribution in [3.63, 3.8) is 0 Å². The molecule has 0 bridgehead atoms. The van der Waals surface area contributed by atoms with Gasteiger partial charge in [0.05, 0.1) is 23.5 Å². The number of fused-ring (bicyclic) bond motifs is 1. The number of nitrogens with zero attached hydrogens (tertiary/aromatic N) is 3. The molecule has 0 aliphatic carbocycles. The van der Waals surface area contributed by atoms with E-state index in [-0.39, 0.29) is 18.1 Å². The molecule has 1 aromatic heterocycles. The molecule has 1 unspecified atom stereocenters. The molecule has 0 radical (unpaired) electrons. The molecule has 4 rings (SSSR count). The molecule has 2 aromatic carbocycles. The number of carbonyl (C=O) groups is 2. The summed E-state index contributed by atoms with van der Waals surface area (Å²) in [7, 11) is 0. The molecule has 0 saturated carbocycles. The van der Waals surface area contributed by atoms with Gasteiger partial charge >= 0.3 is 5.97 Å². The summed E-state index contributed by atoms with van der Waals surface area (Å²) in [5.74, 6) is -1.24. The van der Waals surface area contributed by atoms with Crippen LogP contribution in [0.15, 0.2) is 53.3 Å². The smallest absolute Gasteiger partial charge is 0.307 e. The lowest BCUT2D eigenvalue weighted by molar-refractivity contribution is -0.141. The molecule has 2 heterocycles. The summed E-state index contributed by atoms with van der Waals surface area (Å²) < 4.78 is 1.57. The van der Waals surface area contributed by atoms with Crippen LogP contribution in [-0.4, -0.2) is 56.5 Å². The average Bonchev–Trinajstić information content (AvgIpc) is 3.25. The Kier molecular flexibility index (Phi) is 8.79. The number of carboxylic acids is 1. The van der Waals surface area contributed by atoms with Crippen molar-refractivity contribution in [3.05, 3.63) is 75.2 Å². The van der Waals surface area contributed by atoms with Crippen LogP contribution >= 0.6 is 11.6 Å². The Hall–Kier alpha value is -3.23. The molecule has 1 saturated heterocycles. The Balaban J connectivity index is 0.00000103. The second kappa shape index (κ2) is 11.8. The number of benzene rings is 2. The molecule has 0 amide bonds. The standard InChI is InChI=1S/C24H26ClN3O3.CH2O2/c1-16(24(30)31)14-27-12-4-5-19(27)15-28-23(29)21-7-3-2-6-20(21)22(26-28)13-17-8-10-18(25)11-9-17;2-1-3/h2-3,6-11,16,19H,4-5,12-15H2,1H3,(H,30,31);1H,(H,2,3)/t16?,19-;/m1./s1. The number of hydrogen-bond acceptors (Lipinski definition) is 5. The molecule has 0 spiro atoms. The minimum atomic E-state index is -0.795. The predicted octanol–water partition coefficient (Wildman–Crippen LogP) is 3.53. The van der Waals surface area contributed by atoms with E-state index in [4.69, 9.17) is 26.6 Å². The molecule has 1 aliphatic rings. The third-order valence-corrected chi connectivity index (χ3v) is 6.29. The first-order valence-corrected chi connectivity index (χ1v) is 11.5. The van der Waals surface area contributed by atoms with Gasteiger partial charge < -0.3 is 10.2 Å². The highest BCUT2D eigenvalue weighted by Gasteiger charge is 2.28. The van der Waals surface area contributed by atoms with Crippen LogP contribution in [0, 0.1) is 5.92 Å². The van der Waals surface area contributed by atoms with Crippen LogP contribution in [0.3, 0.4) is 0 Å². The molecule has 1 aliphatic heterocycles. The topological polar surface area (TPSA) is 113 Å². The van der Waals surface area contributed by atoms with Crippen molar-refractivity contribution in [1.29, 1.82) is 0 Å². The normalized spacial score (nSPS) is 16.6. The minimum Gasteiger partial charge on any atom is -0.483 e. The van der Waals surface area contributed by atoms with E-state index < -0.39 is 11.9 Å². The number of rotatable bonds is 7. The zero-order valence-corrected chi connectivity index (χ0v) is 19.7. The van der Waals surface area contributed by atoms with Gasteiger partial charge in [-0.2, -0.15) is 5.10 Å². The van der Waals surface area contributed by atoms with E-state index in [2.05, 4.69) is 4.90 Å². The number of likely N-dealkylation sites (tertiary alicyclic amines) is 1. The van der Waals surface area contributed by atoms with Crippen LogP contribution in [0.25, 0.3) is 10.8 Å². The van der Waals surface area contributed by atoms with Gasteiger partial charge in [-0.25, -0.2) is 4.68 Å². The van der Waals surface area contributed by atoms with Gasteiger partial charge in [-0.3, -0.25) is 19.3 Å². The predicted molar refractivity (Wildman–Crippen MR) is 130 cm³/mol. The second-order valence-corrected chi connectivity index (χ2v) is 8.85. The van der Waals surface area contributed by atoms with Crippen molar-refractivity contribution in [2.75, 3.05) is 13.1 Å². The lowest BCUT2D eigenvalue weighted by atomic mass is 10.0. The SMILES string of the molecule is CC(CN1CCC[C@@H]1Cn1nc(Cc2ccc(Cl)cc2)c2ccccc2c1=O)C(=O)O.O=CO. The number of hydrogen-bond donors (Lipinski definition) is 2. The van der Waals surface area contributed by atoms with E-state index in [0.29, 0.717) is 29.9 Å². The Morgan fingerprint density at radius 1 is 1.21 bits per heavy atom. The first kappa shape index (κ1) is 25.4. The molecule has 2 atom stereocenters. The van der Waals surface area contributed by atoms with Gasteiger partial charge in [0.15, 0.2) is 0 Å². The summed E-state index contributed by atoms with van der Waals surface area (Å²) in [4.78, 5) is 35.0. The minimum absolute atomic E-state index is 0.103. The summed E-state index contributed by atoms with van der Waals surface area (Å²) in [6.07, 6.45) is 2.53. The van der Waals surface area contributed by atoms with Crippen molar-refractivity contribution in [1.82, 2.24) is 14.7 Å². The maximum absolute atomic E-state index is 13.2. The molecular formula is C25H28ClN3O5. The largest absolute Gasteiger partial charge is 0.483 e. The summed E-state index contributed by atoms with van der Waals surface area (Å²) in [6.45, 7) is 3.27. The highest BCUT2D eigenvalue weighted by Crippen LogP contribution is 2.22. The maximum atomic E-state index is 13.2. The Morgan fingerprint density at radius 2 is 1.85 bits per heavy atom. The molecule has 2 N–H and O–H groups in total. The van der Waals surface area contributed by atoms with E-state index >= 15 is 0 Å². The third-order valence-electron chi connectivity index (χ3n) is 6.04. The fraction of sp³-hybridized carbons (Fsp3) is 0.360. The summed E-state index contributed by atoms with van der Waals surface area (Å²) >= 11 is 6.02. The second-order valence-electron chi connectivity index (χ2n) is 8.42. The molecule has 3 aromatic rings. The molecule has 8 nitrogen and oxygen atoms in total. The Labute approximate surface area is 202 Å². The Morgan fingerprint density at radius 3 is 2.50 bits per heavy atom. The summed E-state index contributed by atoms with van der Waals surface area (Å²) in [6, 6.07) is 15.3. The highest BCUT2D eigenvalue weighted by atomic mass is 35.5. The highest BCUT2D eigenvalue weighted by molar-refractivity contribution is 6.30. The molecule has 9 heteroatoms. The quantitative estimate of drug-likeness (QED) is 0.492. The van der Waals surface area contributed by atoms with Crippen molar-refractivity contribution >= 4 is 34.8 Å². The fourth-order valence-corrected chi connectivity index (χ4v) is 4.45. The monoisotopic (exact) mass is 485 g/mol. The molecular weight excluding hydrogens is 458 g/mol. The van der Waals surface area contributed by atoms with E-state index in [9.17, 15) is 14.7 Å². The van der Waals surface area contributed by atoms with E-state index in [1.54, 1.807) is 11.6 Å². The van der Waals surface area contributed by atoms with Crippen molar-refractivity contribution in [3.8, 4) is 0 Å². The van der Waals surface area contributed by atoms with Gasteiger partial charge in [-0.05, 0) is 43.1 Å². The third kappa shape index (κ3) is 6.21. The van der Waals surface area contributed by atoms with E-state index in [0.717, 1.165) is 36.0 Å². The van der Waals surface area contributed by atoms with Gasteiger partial charge in [0.25, 0.3) is 12.0 Å². The van der Waals surface area contributed by atoms with Gasteiger partial charge in [-0.1, -0.05) is 48.9 Å². The van der Waals surface area contributed by atoms with Crippen molar-refractivity contribution in [2.24, 2.45) is 5.92 Å². The fourth-order valence-electron chi connectivity index (χ4n) is 4.33. The van der Waals surface area contributed by atoms with Crippen LogP contribution in [0.2, 0.25) is 5.02 Å². The maximum Gasteiger partial charge on any atom is 0.307 e. The first-order chi connectivity index (χ1) is 16.3. The van der Waals surface area contributed by atoms with E-state index in [1.165, 1.54) is 0 Å². The number of aromatic nitrogens is 2. The number of carboxylic acid groups (broad SMARTS) is 2. The summed E-state index contributed by atoms with van der Waals surface area (Å²) in [5, 5.41) is 23.1. The van der Waals surface area contributed by atoms with E-state index in [1.807, 2.05) is 48.5 Å². The average molecular weight is 486 g/mol. The number of aliphatic carboxylic acids is 1. The molecule has 34 heavy (non-hydrogen) atoms. The Bertz CT molecular complexity index is 1200. The number of halogens is 1. The van der Waals surface area contributed by atoms with Crippen LogP contribution in [0.4, 0.5) is 0 Å². The zero-order valence-electron chi connectivity index (χ0n) is 18.9. The summed E-state index contributed by atoms with van der Waals surface area (Å²) in [5.41, 5.74) is 1.82. The van der Waals surface area contributed by atoms with Gasteiger partial charge in [0.2, 0.25) is 0 Å². The van der Waals surface area contributed by atoms with Crippen molar-refractivity contribution in [2.45, 2.75) is 38.8 Å². The van der Waals surface area contributed by atoms with Gasteiger partial charge in [0, 0.05) is 29.4 Å². The van der Waals surface area contributed by atoms with Crippen LogP contribution in [0.1, 0.15) is 31.0 Å². The van der Waals surface area contributed by atoms with Gasteiger partial charge in [-0.15, -0.1) is 0 Å². The lowest BCUT2D eigenvalue weighted by Gasteiger charge is -2.26. The zero-order chi connectivity index (χ0) is 24.7.